The quantitative estimate of drug-likeness (QED) is 0.875. The molecule has 0 aliphatic carbocycles. The Labute approximate surface area is 127 Å². The Bertz CT molecular complexity index is 412. The van der Waals surface area contributed by atoms with E-state index in [-0.39, 0.29) is 24.5 Å². The topological polar surface area (TPSA) is 39.7 Å². The third-order valence-corrected chi connectivity index (χ3v) is 4.31. The molecule has 0 spiro atoms. The lowest BCUT2D eigenvalue weighted by molar-refractivity contribution is -0.249. The molecule has 0 saturated carbocycles. The SMILES string of the molecule is CC[C@H]1O[C@@H](OC)[C@@H](NC)[C@@H](OCc2ccccc2)[C@H]1C. The number of hydrogen-bond acceptors (Lipinski definition) is 4. The van der Waals surface area contributed by atoms with Crippen molar-refractivity contribution in [1.82, 2.24) is 5.32 Å². The van der Waals surface area contributed by atoms with Gasteiger partial charge >= 0.3 is 0 Å². The first kappa shape index (κ1) is 16.4. The van der Waals surface area contributed by atoms with E-state index >= 15 is 0 Å². The summed E-state index contributed by atoms with van der Waals surface area (Å²) in [4.78, 5) is 0. The molecule has 4 heteroatoms. The van der Waals surface area contributed by atoms with Crippen LogP contribution in [0.5, 0.6) is 0 Å². The average molecular weight is 293 g/mol. The van der Waals surface area contributed by atoms with E-state index in [2.05, 4.69) is 31.3 Å². The monoisotopic (exact) mass is 293 g/mol. The van der Waals surface area contributed by atoms with Crippen LogP contribution < -0.4 is 5.32 Å². The fourth-order valence-corrected chi connectivity index (χ4v) is 3.07. The second-order valence-corrected chi connectivity index (χ2v) is 5.62. The van der Waals surface area contributed by atoms with Crippen molar-refractivity contribution in [2.45, 2.75) is 51.4 Å². The van der Waals surface area contributed by atoms with Gasteiger partial charge in [0.15, 0.2) is 6.29 Å². The van der Waals surface area contributed by atoms with E-state index in [1.165, 1.54) is 5.56 Å². The molecule has 0 amide bonds. The first-order valence-electron chi connectivity index (χ1n) is 7.72. The summed E-state index contributed by atoms with van der Waals surface area (Å²) >= 11 is 0. The molecule has 1 saturated heterocycles. The second-order valence-electron chi connectivity index (χ2n) is 5.62. The maximum Gasteiger partial charge on any atom is 0.175 e. The van der Waals surface area contributed by atoms with Gasteiger partial charge in [0, 0.05) is 13.0 Å². The second kappa shape index (κ2) is 7.90. The van der Waals surface area contributed by atoms with E-state index in [1.54, 1.807) is 7.11 Å². The van der Waals surface area contributed by atoms with Crippen LogP contribution in [0.15, 0.2) is 30.3 Å². The van der Waals surface area contributed by atoms with Gasteiger partial charge in [0.05, 0.1) is 24.9 Å². The average Bonchev–Trinajstić information content (AvgIpc) is 2.54. The lowest BCUT2D eigenvalue weighted by Gasteiger charge is -2.45. The standard InChI is InChI=1S/C17H27NO3/c1-5-14-12(2)16(15(18-3)17(19-4)21-14)20-11-13-9-7-6-8-10-13/h6-10,12,14-18H,5,11H2,1-4H3/t12-,14+,15-,16-,17+/m0/s1. The molecule has 1 N–H and O–H groups in total. The van der Waals surface area contributed by atoms with E-state index in [9.17, 15) is 0 Å². The van der Waals surface area contributed by atoms with E-state index in [0.717, 1.165) is 6.42 Å². The number of methoxy groups -OCH3 is 1. The van der Waals surface area contributed by atoms with Gasteiger partial charge in [-0.25, -0.2) is 0 Å². The van der Waals surface area contributed by atoms with E-state index in [1.807, 2.05) is 25.2 Å². The maximum atomic E-state index is 6.23. The highest BCUT2D eigenvalue weighted by atomic mass is 16.7. The molecule has 1 heterocycles. The zero-order valence-corrected chi connectivity index (χ0v) is 13.4. The molecule has 1 aromatic carbocycles. The van der Waals surface area contributed by atoms with Gasteiger partial charge in [-0.1, -0.05) is 44.2 Å². The van der Waals surface area contributed by atoms with Crippen LogP contribution in [0.25, 0.3) is 0 Å². The summed E-state index contributed by atoms with van der Waals surface area (Å²) in [6.45, 7) is 4.95. The van der Waals surface area contributed by atoms with Crippen molar-refractivity contribution in [1.29, 1.82) is 0 Å². The summed E-state index contributed by atoms with van der Waals surface area (Å²) < 4.78 is 17.7. The molecular weight excluding hydrogens is 266 g/mol. The van der Waals surface area contributed by atoms with Gasteiger partial charge in [-0.05, 0) is 19.0 Å². The summed E-state index contributed by atoms with van der Waals surface area (Å²) in [7, 11) is 3.61. The highest BCUT2D eigenvalue weighted by Gasteiger charge is 2.43. The zero-order valence-electron chi connectivity index (χ0n) is 13.4. The summed E-state index contributed by atoms with van der Waals surface area (Å²) in [5.41, 5.74) is 1.19. The minimum atomic E-state index is -0.267. The number of nitrogens with one attached hydrogen (secondary N) is 1. The van der Waals surface area contributed by atoms with Crippen LogP contribution in [-0.4, -0.2) is 38.7 Å². The van der Waals surface area contributed by atoms with Crippen molar-refractivity contribution < 1.29 is 14.2 Å². The van der Waals surface area contributed by atoms with Gasteiger partial charge in [-0.3, -0.25) is 0 Å². The van der Waals surface area contributed by atoms with Crippen molar-refractivity contribution >= 4 is 0 Å². The number of likely N-dealkylation sites (N-methyl/N-ethyl adjacent to an activating group) is 1. The molecule has 1 fully saturated rings. The third kappa shape index (κ3) is 3.83. The molecule has 5 atom stereocenters. The van der Waals surface area contributed by atoms with Gasteiger partial charge in [0.1, 0.15) is 0 Å². The number of rotatable bonds is 6. The highest BCUT2D eigenvalue weighted by molar-refractivity contribution is 5.13. The summed E-state index contributed by atoms with van der Waals surface area (Å²) in [5.74, 6) is 0.322. The van der Waals surface area contributed by atoms with Gasteiger partial charge in [0.2, 0.25) is 0 Å². The van der Waals surface area contributed by atoms with Gasteiger partial charge in [-0.15, -0.1) is 0 Å². The molecule has 118 valence electrons. The fraction of sp³-hybridized carbons (Fsp3) is 0.647. The maximum absolute atomic E-state index is 6.23. The summed E-state index contributed by atoms with van der Waals surface area (Å²) in [6, 6.07) is 10.3. The van der Waals surface area contributed by atoms with Crippen LogP contribution in [0.1, 0.15) is 25.8 Å². The van der Waals surface area contributed by atoms with Crippen LogP contribution >= 0.6 is 0 Å². The minimum absolute atomic E-state index is 0.0384. The smallest absolute Gasteiger partial charge is 0.175 e. The predicted molar refractivity (Wildman–Crippen MR) is 83.0 cm³/mol. The molecule has 2 rings (SSSR count). The van der Waals surface area contributed by atoms with Gasteiger partial charge in [-0.2, -0.15) is 0 Å². The molecular formula is C17H27NO3. The number of ether oxygens (including phenoxy) is 3. The Morgan fingerprint density at radius 2 is 1.95 bits per heavy atom. The van der Waals surface area contributed by atoms with Crippen LogP contribution in [0.4, 0.5) is 0 Å². The van der Waals surface area contributed by atoms with Crippen molar-refractivity contribution in [3.8, 4) is 0 Å². The summed E-state index contributed by atoms with van der Waals surface area (Å²) in [6.07, 6.45) is 0.930. The molecule has 1 aromatic rings. The molecule has 0 radical (unpaired) electrons. The molecule has 21 heavy (non-hydrogen) atoms. The normalized spacial score (nSPS) is 33.0. The largest absolute Gasteiger partial charge is 0.371 e. The number of benzene rings is 1. The van der Waals surface area contributed by atoms with Crippen molar-refractivity contribution in [3.05, 3.63) is 35.9 Å². The number of hydrogen-bond donors (Lipinski definition) is 1. The van der Waals surface area contributed by atoms with Crippen LogP contribution in [-0.2, 0) is 20.8 Å². The molecule has 1 aliphatic heterocycles. The fourth-order valence-electron chi connectivity index (χ4n) is 3.07. The Morgan fingerprint density at radius 3 is 2.52 bits per heavy atom. The minimum Gasteiger partial charge on any atom is -0.371 e. The third-order valence-electron chi connectivity index (χ3n) is 4.31. The molecule has 0 unspecified atom stereocenters. The van der Waals surface area contributed by atoms with Crippen LogP contribution in [0.3, 0.4) is 0 Å². The van der Waals surface area contributed by atoms with Crippen molar-refractivity contribution in [3.63, 3.8) is 0 Å². The van der Waals surface area contributed by atoms with Gasteiger partial charge < -0.3 is 19.5 Å². The van der Waals surface area contributed by atoms with Crippen molar-refractivity contribution in [2.75, 3.05) is 14.2 Å². The highest BCUT2D eigenvalue weighted by Crippen LogP contribution is 2.30. The molecule has 0 bridgehead atoms. The van der Waals surface area contributed by atoms with E-state index in [4.69, 9.17) is 14.2 Å². The Hall–Kier alpha value is -0.940. The van der Waals surface area contributed by atoms with Crippen molar-refractivity contribution in [2.24, 2.45) is 5.92 Å². The first-order valence-corrected chi connectivity index (χ1v) is 7.72. The Balaban J connectivity index is 2.08. The van der Waals surface area contributed by atoms with Crippen LogP contribution in [0.2, 0.25) is 0 Å². The lowest BCUT2D eigenvalue weighted by Crippen LogP contribution is -2.59. The lowest BCUT2D eigenvalue weighted by atomic mass is 9.87. The molecule has 1 aliphatic rings. The molecule has 0 aromatic heterocycles. The Kier molecular flexibility index (Phi) is 6.18. The zero-order chi connectivity index (χ0) is 15.2. The molecule has 4 nitrogen and oxygen atoms in total. The van der Waals surface area contributed by atoms with E-state index in [0.29, 0.717) is 12.5 Å². The predicted octanol–water partition coefficient (Wildman–Crippen LogP) is 2.58. The Morgan fingerprint density at radius 1 is 1.24 bits per heavy atom. The van der Waals surface area contributed by atoms with Gasteiger partial charge in [0.25, 0.3) is 0 Å². The van der Waals surface area contributed by atoms with E-state index < -0.39 is 0 Å². The first-order chi connectivity index (χ1) is 10.2. The van der Waals surface area contributed by atoms with Crippen LogP contribution in [0, 0.1) is 5.92 Å². The summed E-state index contributed by atoms with van der Waals surface area (Å²) in [5, 5.41) is 3.29.